The summed E-state index contributed by atoms with van der Waals surface area (Å²) in [7, 11) is 3.34. The fourth-order valence-electron chi connectivity index (χ4n) is 3.40. The van der Waals surface area contributed by atoms with E-state index in [2.05, 4.69) is 4.90 Å². The number of aryl methyl sites for hydroxylation is 1. The molecular weight excluding hydrogens is 342 g/mol. The maximum Gasteiger partial charge on any atom is 0.254 e. The topological polar surface area (TPSA) is 68.0 Å². The van der Waals surface area contributed by atoms with Gasteiger partial charge in [-0.05, 0) is 42.8 Å². The first-order valence-electron chi connectivity index (χ1n) is 9.10. The average molecular weight is 369 g/mol. The van der Waals surface area contributed by atoms with Crippen LogP contribution in [0.5, 0.6) is 11.5 Å². The first kappa shape index (κ1) is 19.0. The molecule has 3 rings (SSSR count). The molecule has 27 heavy (non-hydrogen) atoms. The summed E-state index contributed by atoms with van der Waals surface area (Å²) in [5.41, 5.74) is 9.21. The van der Waals surface area contributed by atoms with Crippen molar-refractivity contribution in [2.75, 3.05) is 46.1 Å². The van der Waals surface area contributed by atoms with Crippen LogP contribution in [0, 0.1) is 6.92 Å². The van der Waals surface area contributed by atoms with Crippen LogP contribution < -0.4 is 15.2 Å². The van der Waals surface area contributed by atoms with E-state index in [-0.39, 0.29) is 5.91 Å². The van der Waals surface area contributed by atoms with Crippen LogP contribution >= 0.6 is 0 Å². The van der Waals surface area contributed by atoms with Crippen molar-refractivity contribution in [3.63, 3.8) is 0 Å². The lowest BCUT2D eigenvalue weighted by Crippen LogP contribution is -2.48. The van der Waals surface area contributed by atoms with Gasteiger partial charge in [0.1, 0.15) is 11.5 Å². The van der Waals surface area contributed by atoms with E-state index in [9.17, 15) is 4.79 Å². The number of hydrogen-bond acceptors (Lipinski definition) is 5. The Bertz CT molecular complexity index is 814. The van der Waals surface area contributed by atoms with Crippen LogP contribution in [0.2, 0.25) is 0 Å². The van der Waals surface area contributed by atoms with E-state index in [1.54, 1.807) is 20.3 Å². The van der Waals surface area contributed by atoms with E-state index in [1.807, 2.05) is 42.2 Å². The van der Waals surface area contributed by atoms with Gasteiger partial charge in [0, 0.05) is 49.5 Å². The van der Waals surface area contributed by atoms with Gasteiger partial charge in [0.2, 0.25) is 0 Å². The van der Waals surface area contributed by atoms with Crippen molar-refractivity contribution in [1.29, 1.82) is 0 Å². The van der Waals surface area contributed by atoms with Crippen LogP contribution in [0.3, 0.4) is 0 Å². The van der Waals surface area contributed by atoms with Crippen molar-refractivity contribution in [2.24, 2.45) is 0 Å². The molecule has 2 N–H and O–H groups in total. The Labute approximate surface area is 160 Å². The van der Waals surface area contributed by atoms with Gasteiger partial charge in [0.15, 0.2) is 0 Å². The summed E-state index contributed by atoms with van der Waals surface area (Å²) in [4.78, 5) is 17.1. The van der Waals surface area contributed by atoms with Crippen LogP contribution in [0.1, 0.15) is 21.5 Å². The summed E-state index contributed by atoms with van der Waals surface area (Å²) < 4.78 is 10.8. The molecule has 0 aromatic heterocycles. The number of ether oxygens (including phenoxy) is 2. The van der Waals surface area contributed by atoms with E-state index in [1.165, 1.54) is 0 Å². The summed E-state index contributed by atoms with van der Waals surface area (Å²) in [6, 6.07) is 11.3. The Kier molecular flexibility index (Phi) is 5.86. The Hall–Kier alpha value is -2.73. The molecule has 1 amide bonds. The Morgan fingerprint density at radius 3 is 2.44 bits per heavy atom. The lowest BCUT2D eigenvalue weighted by molar-refractivity contribution is 0.0626. The fourth-order valence-corrected chi connectivity index (χ4v) is 3.40. The quantitative estimate of drug-likeness (QED) is 0.821. The van der Waals surface area contributed by atoms with Gasteiger partial charge >= 0.3 is 0 Å². The number of hydrogen-bond donors (Lipinski definition) is 1. The van der Waals surface area contributed by atoms with Gasteiger partial charge in [-0.15, -0.1) is 0 Å². The predicted octanol–water partition coefficient (Wildman–Crippen LogP) is 2.55. The molecule has 144 valence electrons. The zero-order valence-electron chi connectivity index (χ0n) is 16.2. The molecule has 0 aliphatic carbocycles. The van der Waals surface area contributed by atoms with E-state index < -0.39 is 0 Å². The smallest absolute Gasteiger partial charge is 0.254 e. The number of nitrogens with two attached hydrogens (primary N) is 1. The minimum absolute atomic E-state index is 0.0541. The third-order valence-corrected chi connectivity index (χ3v) is 5.03. The van der Waals surface area contributed by atoms with Crippen molar-refractivity contribution >= 4 is 11.6 Å². The molecule has 6 heteroatoms. The van der Waals surface area contributed by atoms with Crippen molar-refractivity contribution in [3.8, 4) is 11.5 Å². The number of benzene rings is 2. The van der Waals surface area contributed by atoms with Crippen molar-refractivity contribution in [2.45, 2.75) is 13.5 Å². The second kappa shape index (κ2) is 8.31. The standard InChI is InChI=1S/C21H27N3O3/c1-15-4-5-17(22)13-19(15)21(25)24-10-8-23(9-11-24)14-16-12-18(26-2)6-7-20(16)27-3/h4-7,12-13H,8-11,14,22H2,1-3H3. The molecule has 2 aromatic rings. The summed E-state index contributed by atoms with van der Waals surface area (Å²) >= 11 is 0. The monoisotopic (exact) mass is 369 g/mol. The van der Waals surface area contributed by atoms with Gasteiger partial charge in [0.25, 0.3) is 5.91 Å². The van der Waals surface area contributed by atoms with E-state index in [0.29, 0.717) is 24.3 Å². The molecule has 6 nitrogen and oxygen atoms in total. The van der Waals surface area contributed by atoms with Crippen LogP contribution in [-0.2, 0) is 6.54 Å². The fraction of sp³-hybridized carbons (Fsp3) is 0.381. The van der Waals surface area contributed by atoms with Crippen LogP contribution in [-0.4, -0.2) is 56.1 Å². The minimum Gasteiger partial charge on any atom is -0.497 e. The minimum atomic E-state index is 0.0541. The number of anilines is 1. The van der Waals surface area contributed by atoms with Crippen molar-refractivity contribution < 1.29 is 14.3 Å². The zero-order chi connectivity index (χ0) is 19.4. The molecule has 0 bridgehead atoms. The zero-order valence-corrected chi connectivity index (χ0v) is 16.2. The van der Waals surface area contributed by atoms with Gasteiger partial charge in [-0.3, -0.25) is 9.69 Å². The molecule has 1 heterocycles. The third kappa shape index (κ3) is 4.34. The maximum absolute atomic E-state index is 12.8. The number of carbonyl (C=O) groups excluding carboxylic acids is 1. The maximum atomic E-state index is 12.8. The first-order chi connectivity index (χ1) is 13.0. The second-order valence-electron chi connectivity index (χ2n) is 6.82. The van der Waals surface area contributed by atoms with Crippen LogP contribution in [0.25, 0.3) is 0 Å². The molecular formula is C21H27N3O3. The largest absolute Gasteiger partial charge is 0.497 e. The number of methoxy groups -OCH3 is 2. The normalized spacial score (nSPS) is 14.9. The third-order valence-electron chi connectivity index (χ3n) is 5.03. The highest BCUT2D eigenvalue weighted by atomic mass is 16.5. The number of nitrogen functional groups attached to an aromatic ring is 1. The van der Waals surface area contributed by atoms with Crippen molar-refractivity contribution in [3.05, 3.63) is 53.1 Å². The van der Waals surface area contributed by atoms with Crippen LogP contribution in [0.4, 0.5) is 5.69 Å². The van der Waals surface area contributed by atoms with Gasteiger partial charge in [-0.2, -0.15) is 0 Å². The molecule has 1 saturated heterocycles. The van der Waals surface area contributed by atoms with Crippen molar-refractivity contribution in [1.82, 2.24) is 9.80 Å². The van der Waals surface area contributed by atoms with Gasteiger partial charge in [0.05, 0.1) is 14.2 Å². The summed E-state index contributed by atoms with van der Waals surface area (Å²) in [6.07, 6.45) is 0. The van der Waals surface area contributed by atoms with E-state index in [4.69, 9.17) is 15.2 Å². The first-order valence-corrected chi connectivity index (χ1v) is 9.10. The molecule has 1 fully saturated rings. The second-order valence-corrected chi connectivity index (χ2v) is 6.82. The Balaban J connectivity index is 1.64. The summed E-state index contributed by atoms with van der Waals surface area (Å²) in [6.45, 7) is 5.72. The lowest BCUT2D eigenvalue weighted by Gasteiger charge is -2.35. The number of carbonyl (C=O) groups is 1. The van der Waals surface area contributed by atoms with Gasteiger partial charge < -0.3 is 20.1 Å². The summed E-state index contributed by atoms with van der Waals surface area (Å²) in [5.74, 6) is 1.72. The Morgan fingerprint density at radius 2 is 1.78 bits per heavy atom. The molecule has 0 unspecified atom stereocenters. The molecule has 1 aliphatic heterocycles. The molecule has 0 saturated carbocycles. The highest BCUT2D eigenvalue weighted by molar-refractivity contribution is 5.96. The van der Waals surface area contributed by atoms with Crippen LogP contribution in [0.15, 0.2) is 36.4 Å². The lowest BCUT2D eigenvalue weighted by atomic mass is 10.1. The molecule has 0 atom stereocenters. The highest BCUT2D eigenvalue weighted by Gasteiger charge is 2.24. The highest BCUT2D eigenvalue weighted by Crippen LogP contribution is 2.26. The Morgan fingerprint density at radius 1 is 1.04 bits per heavy atom. The van der Waals surface area contributed by atoms with E-state index >= 15 is 0 Å². The predicted molar refractivity (Wildman–Crippen MR) is 106 cm³/mol. The number of nitrogens with zero attached hydrogens (tertiary/aromatic N) is 2. The van der Waals surface area contributed by atoms with Gasteiger partial charge in [-0.1, -0.05) is 6.07 Å². The number of amides is 1. The van der Waals surface area contributed by atoms with Gasteiger partial charge in [-0.25, -0.2) is 0 Å². The van der Waals surface area contributed by atoms with E-state index in [0.717, 1.165) is 42.3 Å². The number of piperazine rings is 1. The average Bonchev–Trinajstić information content (AvgIpc) is 2.69. The summed E-state index contributed by atoms with van der Waals surface area (Å²) in [5, 5.41) is 0. The number of rotatable bonds is 5. The SMILES string of the molecule is COc1ccc(OC)c(CN2CCN(C(=O)c3cc(N)ccc3C)CC2)c1. The molecule has 0 radical (unpaired) electrons. The molecule has 2 aromatic carbocycles. The molecule has 1 aliphatic rings. The molecule has 0 spiro atoms.